The third-order valence-electron chi connectivity index (χ3n) is 0. The minimum Gasteiger partial charge on any atom is -1.00 e. The van der Waals surface area contributed by atoms with Crippen molar-refractivity contribution in [1.82, 2.24) is 0 Å². The summed E-state index contributed by atoms with van der Waals surface area (Å²) < 4.78 is 0. The summed E-state index contributed by atoms with van der Waals surface area (Å²) in [5.41, 5.74) is 0. The van der Waals surface area contributed by atoms with Crippen LogP contribution in [0.4, 0.5) is 0 Å². The van der Waals surface area contributed by atoms with Crippen molar-refractivity contribution in [2.45, 2.75) is 0 Å². The van der Waals surface area contributed by atoms with Crippen LogP contribution in [0.15, 0.2) is 0 Å². The van der Waals surface area contributed by atoms with Gasteiger partial charge in [-0.25, -0.2) is 0 Å². The molecule has 1 radical (unpaired) electrons. The van der Waals surface area contributed by atoms with Crippen LogP contribution in [0, 0.1) is 0 Å². The first-order chi connectivity index (χ1) is 0. The number of hydrogen-bond acceptors (Lipinski definition) is 0. The van der Waals surface area contributed by atoms with E-state index in [1.54, 1.807) is 0 Å². The Kier molecular flexibility index (Phi) is 3150. The van der Waals surface area contributed by atoms with Crippen LogP contribution in [-0.2, 0) is 17.1 Å². The standard InChI is InChI=1S/3FH.Li.Mn/h3*1H;;/q;;;+1;+2/p-3. The van der Waals surface area contributed by atoms with E-state index in [-0.39, 0.29) is 50.0 Å². The van der Waals surface area contributed by atoms with Crippen LogP contribution in [0.25, 0.3) is 0 Å². The molecule has 0 N–H and O–H groups in total. The van der Waals surface area contributed by atoms with E-state index >= 15 is 0 Å². The molecule has 0 bridgehead atoms. The van der Waals surface area contributed by atoms with Gasteiger partial charge in [0.15, 0.2) is 0 Å². The summed E-state index contributed by atoms with van der Waals surface area (Å²) in [4.78, 5) is 0. The summed E-state index contributed by atoms with van der Waals surface area (Å²) in [7, 11) is 0. The molecule has 5 heavy (non-hydrogen) atoms. The molecule has 0 amide bonds. The van der Waals surface area contributed by atoms with Gasteiger partial charge in [-0.3, -0.25) is 0 Å². The molecule has 0 rings (SSSR count). The fourth-order valence-electron chi connectivity index (χ4n) is 0. The van der Waals surface area contributed by atoms with Gasteiger partial charge < -0.3 is 14.1 Å². The molecular weight excluding hydrogens is 119 g/mol. The molecule has 0 aromatic carbocycles. The zero-order valence-electron chi connectivity index (χ0n) is 2.51. The van der Waals surface area contributed by atoms with E-state index in [2.05, 4.69) is 0 Å². The molecule has 5 heteroatoms. The third-order valence-corrected chi connectivity index (χ3v) is 0. The molecule has 0 aliphatic carbocycles. The minimum atomic E-state index is 0. The molecular formula is F3LiMn. The van der Waals surface area contributed by atoms with Crippen LogP contribution >= 0.6 is 0 Å². The van der Waals surface area contributed by atoms with Gasteiger partial charge in [-0.2, -0.15) is 0 Å². The van der Waals surface area contributed by atoms with E-state index in [0.717, 1.165) is 0 Å². The molecule has 0 heterocycles. The maximum Gasteiger partial charge on any atom is 2.00 e. The molecule has 0 aromatic rings. The largest absolute Gasteiger partial charge is 2.00 e. The molecule has 0 nitrogen and oxygen atoms in total. The monoisotopic (exact) mass is 119 g/mol. The minimum absolute atomic E-state index is 0. The quantitative estimate of drug-likeness (QED) is 0.278. The summed E-state index contributed by atoms with van der Waals surface area (Å²) in [5.74, 6) is 0. The van der Waals surface area contributed by atoms with Crippen LogP contribution in [-0.4, -0.2) is 0 Å². The van der Waals surface area contributed by atoms with Crippen LogP contribution in [0.5, 0.6) is 0 Å². The van der Waals surface area contributed by atoms with Crippen molar-refractivity contribution in [2.75, 3.05) is 0 Å². The van der Waals surface area contributed by atoms with Crippen LogP contribution < -0.4 is 33.0 Å². The fraction of sp³-hybridized carbons (Fsp3) is 0. The van der Waals surface area contributed by atoms with Gasteiger partial charge in [-0.1, -0.05) is 0 Å². The SMILES string of the molecule is [F-].[F-].[F-].[Li+].[Mn+2]. The average Bonchev–Trinajstić information content (AvgIpc) is 0. The molecule has 0 aliphatic rings. The van der Waals surface area contributed by atoms with E-state index in [4.69, 9.17) is 0 Å². The van der Waals surface area contributed by atoms with Gasteiger partial charge in [0.2, 0.25) is 0 Å². The Morgan fingerprint density at radius 1 is 0.600 bits per heavy atom. The van der Waals surface area contributed by atoms with Gasteiger partial charge >= 0.3 is 35.9 Å². The second-order valence-corrected chi connectivity index (χ2v) is 0. The predicted molar refractivity (Wildman–Crippen MR) is 0 cm³/mol. The van der Waals surface area contributed by atoms with Crippen molar-refractivity contribution in [3.05, 3.63) is 0 Å². The molecule has 0 spiro atoms. The molecule has 0 saturated heterocycles. The maximum atomic E-state index is 0. The predicted octanol–water partition coefficient (Wildman–Crippen LogP) is -12.0. The van der Waals surface area contributed by atoms with Gasteiger partial charge in [0.1, 0.15) is 0 Å². The summed E-state index contributed by atoms with van der Waals surface area (Å²) in [6, 6.07) is 0. The van der Waals surface area contributed by atoms with Crippen LogP contribution in [0.2, 0.25) is 0 Å². The number of hydrogen-bond donors (Lipinski definition) is 0. The van der Waals surface area contributed by atoms with Crippen molar-refractivity contribution >= 4 is 0 Å². The average molecular weight is 119 g/mol. The molecule has 0 aliphatic heterocycles. The molecule has 0 unspecified atom stereocenters. The van der Waals surface area contributed by atoms with E-state index in [0.29, 0.717) is 0 Å². The van der Waals surface area contributed by atoms with Crippen LogP contribution in [0.1, 0.15) is 0 Å². The van der Waals surface area contributed by atoms with E-state index in [1.165, 1.54) is 0 Å². The first kappa shape index (κ1) is 173. The van der Waals surface area contributed by atoms with Gasteiger partial charge in [-0.15, -0.1) is 0 Å². The van der Waals surface area contributed by atoms with Gasteiger partial charge in [-0.05, 0) is 0 Å². The first-order valence-corrected chi connectivity index (χ1v) is 0. The smallest absolute Gasteiger partial charge is 1.00 e. The van der Waals surface area contributed by atoms with E-state index in [9.17, 15) is 0 Å². The summed E-state index contributed by atoms with van der Waals surface area (Å²) >= 11 is 0. The Labute approximate surface area is 50.4 Å². The number of rotatable bonds is 0. The fourth-order valence-corrected chi connectivity index (χ4v) is 0. The second-order valence-electron chi connectivity index (χ2n) is 0. The first-order valence-electron chi connectivity index (χ1n) is 0. The summed E-state index contributed by atoms with van der Waals surface area (Å²) in [6.07, 6.45) is 0. The molecule has 0 atom stereocenters. The Balaban J connectivity index is 0. The molecule has 0 fully saturated rings. The van der Waals surface area contributed by atoms with Gasteiger partial charge in [0.25, 0.3) is 0 Å². The van der Waals surface area contributed by atoms with Crippen molar-refractivity contribution < 1.29 is 50.0 Å². The van der Waals surface area contributed by atoms with E-state index < -0.39 is 0 Å². The van der Waals surface area contributed by atoms with Crippen molar-refractivity contribution in [2.24, 2.45) is 0 Å². The normalized spacial score (nSPS) is 0. The van der Waals surface area contributed by atoms with Gasteiger partial charge in [0.05, 0.1) is 0 Å². The Hall–Kier alpha value is 0.907. The third kappa shape index (κ3) is 50.4. The van der Waals surface area contributed by atoms with E-state index in [1.807, 2.05) is 0 Å². The zero-order chi connectivity index (χ0) is 0. The molecule has 0 aromatic heterocycles. The van der Waals surface area contributed by atoms with Gasteiger partial charge in [0, 0.05) is 0 Å². The Morgan fingerprint density at radius 3 is 0.600 bits per heavy atom. The molecule has 0 saturated carbocycles. The number of halogens is 3. The molecule has 29 valence electrons. The van der Waals surface area contributed by atoms with Crippen LogP contribution in [0.3, 0.4) is 0 Å². The topological polar surface area (TPSA) is 0 Å². The Morgan fingerprint density at radius 2 is 0.600 bits per heavy atom. The second kappa shape index (κ2) is 91.1. The summed E-state index contributed by atoms with van der Waals surface area (Å²) in [5, 5.41) is 0. The van der Waals surface area contributed by atoms with Crippen molar-refractivity contribution in [1.29, 1.82) is 0 Å². The maximum absolute atomic E-state index is 0. The summed E-state index contributed by atoms with van der Waals surface area (Å²) in [6.45, 7) is 0. The zero-order valence-corrected chi connectivity index (χ0v) is 3.69. The van der Waals surface area contributed by atoms with Crippen molar-refractivity contribution in [3.63, 3.8) is 0 Å². The van der Waals surface area contributed by atoms with Crippen molar-refractivity contribution in [3.8, 4) is 0 Å². The Bertz CT molecular complexity index is 6.85.